The highest BCUT2D eigenvalue weighted by Gasteiger charge is 2.38. The van der Waals surface area contributed by atoms with Gasteiger partial charge in [0.2, 0.25) is 5.89 Å². The fourth-order valence-corrected chi connectivity index (χ4v) is 2.34. The number of aliphatic hydroxyl groups excluding tert-OH is 1. The van der Waals surface area contributed by atoms with E-state index < -0.39 is 6.10 Å². The van der Waals surface area contributed by atoms with Gasteiger partial charge in [0, 0.05) is 5.92 Å². The molecule has 3 rings (SSSR count). The van der Waals surface area contributed by atoms with Crippen LogP contribution in [0.5, 0.6) is 0 Å². The van der Waals surface area contributed by atoms with E-state index in [1.807, 2.05) is 37.3 Å². The Morgan fingerprint density at radius 1 is 1.32 bits per heavy atom. The van der Waals surface area contributed by atoms with Gasteiger partial charge >= 0.3 is 0 Å². The van der Waals surface area contributed by atoms with Crippen LogP contribution in [-0.2, 0) is 0 Å². The maximum Gasteiger partial charge on any atom is 0.232 e. The first-order chi connectivity index (χ1) is 9.16. The molecule has 0 spiro atoms. The Morgan fingerprint density at radius 3 is 2.63 bits per heavy atom. The van der Waals surface area contributed by atoms with Gasteiger partial charge in [0.1, 0.15) is 0 Å². The average molecular weight is 258 g/mol. The first kappa shape index (κ1) is 12.4. The lowest BCUT2D eigenvalue weighted by atomic mass is 9.97. The number of rotatable bonds is 4. The molecule has 4 heteroatoms. The maximum atomic E-state index is 10.3. The second kappa shape index (κ2) is 4.78. The minimum Gasteiger partial charge on any atom is -0.388 e. The summed E-state index contributed by atoms with van der Waals surface area (Å²) in [7, 11) is 0. The summed E-state index contributed by atoms with van der Waals surface area (Å²) in [4.78, 5) is 4.43. The van der Waals surface area contributed by atoms with E-state index in [-0.39, 0.29) is 5.92 Å². The van der Waals surface area contributed by atoms with E-state index in [4.69, 9.17) is 4.52 Å². The van der Waals surface area contributed by atoms with Crippen molar-refractivity contribution in [2.45, 2.75) is 38.2 Å². The molecule has 19 heavy (non-hydrogen) atoms. The maximum absolute atomic E-state index is 10.3. The van der Waals surface area contributed by atoms with Crippen LogP contribution in [0.3, 0.4) is 0 Å². The van der Waals surface area contributed by atoms with Crippen molar-refractivity contribution in [2.75, 3.05) is 0 Å². The van der Waals surface area contributed by atoms with Crippen LogP contribution in [0, 0.1) is 5.92 Å². The second-order valence-electron chi connectivity index (χ2n) is 5.45. The molecule has 0 saturated heterocycles. The fraction of sp³-hybridized carbons (Fsp3) is 0.467. The molecule has 1 aromatic heterocycles. The van der Waals surface area contributed by atoms with E-state index in [0.717, 1.165) is 17.8 Å². The molecule has 0 aliphatic heterocycles. The van der Waals surface area contributed by atoms with Crippen LogP contribution in [-0.4, -0.2) is 15.2 Å². The van der Waals surface area contributed by atoms with Gasteiger partial charge in [-0.15, -0.1) is 0 Å². The summed E-state index contributed by atoms with van der Waals surface area (Å²) in [6.45, 7) is 4.09. The average Bonchev–Trinajstić information content (AvgIpc) is 2.99. The molecule has 1 N–H and O–H groups in total. The van der Waals surface area contributed by atoms with Crippen LogP contribution in [0.25, 0.3) is 0 Å². The molecule has 1 aromatic carbocycles. The monoisotopic (exact) mass is 258 g/mol. The largest absolute Gasteiger partial charge is 0.388 e. The molecule has 4 unspecified atom stereocenters. The minimum absolute atomic E-state index is 0.197. The van der Waals surface area contributed by atoms with Gasteiger partial charge in [-0.2, -0.15) is 4.98 Å². The molecule has 0 bridgehead atoms. The van der Waals surface area contributed by atoms with Gasteiger partial charge in [-0.1, -0.05) is 49.3 Å². The van der Waals surface area contributed by atoms with Crippen molar-refractivity contribution in [3.63, 3.8) is 0 Å². The fourth-order valence-electron chi connectivity index (χ4n) is 2.34. The molecule has 4 nitrogen and oxygen atoms in total. The predicted octanol–water partition coefficient (Wildman–Crippen LogP) is 3.03. The molecule has 1 saturated carbocycles. The number of nitrogens with zero attached hydrogens (tertiary/aromatic N) is 2. The summed E-state index contributed by atoms with van der Waals surface area (Å²) in [5.41, 5.74) is 0.870. The van der Waals surface area contributed by atoms with Crippen LogP contribution in [0.2, 0.25) is 0 Å². The molecule has 0 amide bonds. The SMILES string of the molecule is CC1CC1c1noc(C(C)C(O)c2ccccc2)n1. The summed E-state index contributed by atoms with van der Waals surface area (Å²) < 4.78 is 5.30. The van der Waals surface area contributed by atoms with Crippen molar-refractivity contribution in [1.82, 2.24) is 10.1 Å². The zero-order valence-electron chi connectivity index (χ0n) is 11.2. The highest BCUT2D eigenvalue weighted by atomic mass is 16.5. The minimum atomic E-state index is -0.619. The topological polar surface area (TPSA) is 59.2 Å². The predicted molar refractivity (Wildman–Crippen MR) is 70.6 cm³/mol. The number of aliphatic hydroxyl groups is 1. The number of aromatic nitrogens is 2. The third kappa shape index (κ3) is 2.40. The quantitative estimate of drug-likeness (QED) is 0.915. The van der Waals surface area contributed by atoms with E-state index in [1.165, 1.54) is 0 Å². The Kier molecular flexibility index (Phi) is 3.11. The molecule has 1 heterocycles. The van der Waals surface area contributed by atoms with Crippen molar-refractivity contribution in [1.29, 1.82) is 0 Å². The Labute approximate surface area is 112 Å². The zero-order chi connectivity index (χ0) is 13.4. The summed E-state index contributed by atoms with van der Waals surface area (Å²) in [5.74, 6) is 2.20. The number of hydrogen-bond donors (Lipinski definition) is 1. The van der Waals surface area contributed by atoms with Crippen molar-refractivity contribution in [2.24, 2.45) is 5.92 Å². The van der Waals surface area contributed by atoms with Gasteiger partial charge in [0.25, 0.3) is 0 Å². The Balaban J connectivity index is 1.76. The highest BCUT2D eigenvalue weighted by Crippen LogP contribution is 2.45. The third-order valence-electron chi connectivity index (χ3n) is 3.90. The summed E-state index contributed by atoms with van der Waals surface area (Å²) in [6, 6.07) is 9.57. The van der Waals surface area contributed by atoms with E-state index in [0.29, 0.717) is 17.7 Å². The lowest BCUT2D eigenvalue weighted by molar-refractivity contribution is 0.135. The first-order valence-electron chi connectivity index (χ1n) is 6.73. The van der Waals surface area contributed by atoms with Gasteiger partial charge in [-0.25, -0.2) is 0 Å². The first-order valence-corrected chi connectivity index (χ1v) is 6.73. The molecule has 1 fully saturated rings. The Bertz CT molecular complexity index is 552. The van der Waals surface area contributed by atoms with Gasteiger partial charge < -0.3 is 9.63 Å². The molecule has 0 radical (unpaired) electrons. The van der Waals surface area contributed by atoms with Crippen LogP contribution < -0.4 is 0 Å². The second-order valence-corrected chi connectivity index (χ2v) is 5.45. The van der Waals surface area contributed by atoms with Crippen LogP contribution in [0.15, 0.2) is 34.9 Å². The van der Waals surface area contributed by atoms with E-state index in [2.05, 4.69) is 17.1 Å². The van der Waals surface area contributed by atoms with Crippen molar-refractivity contribution < 1.29 is 9.63 Å². The van der Waals surface area contributed by atoms with E-state index >= 15 is 0 Å². The highest BCUT2D eigenvalue weighted by molar-refractivity contribution is 5.20. The molecule has 1 aliphatic carbocycles. The normalized spacial score (nSPS) is 25.0. The Morgan fingerprint density at radius 2 is 2.00 bits per heavy atom. The summed E-state index contributed by atoms with van der Waals surface area (Å²) in [5, 5.41) is 14.4. The number of hydrogen-bond acceptors (Lipinski definition) is 4. The summed E-state index contributed by atoms with van der Waals surface area (Å²) in [6.07, 6.45) is 0.514. The van der Waals surface area contributed by atoms with Crippen LogP contribution in [0.4, 0.5) is 0 Å². The zero-order valence-corrected chi connectivity index (χ0v) is 11.2. The van der Waals surface area contributed by atoms with Gasteiger partial charge in [0.15, 0.2) is 5.82 Å². The van der Waals surface area contributed by atoms with E-state index in [1.54, 1.807) is 0 Å². The molecule has 1 aliphatic rings. The third-order valence-corrected chi connectivity index (χ3v) is 3.90. The standard InChI is InChI=1S/C15H18N2O2/c1-9-8-12(9)14-16-15(19-17-14)10(2)13(18)11-6-4-3-5-7-11/h3-7,9-10,12-13,18H,8H2,1-2H3. The molecule has 4 atom stereocenters. The molecule has 2 aromatic rings. The van der Waals surface area contributed by atoms with Crippen molar-refractivity contribution in [3.8, 4) is 0 Å². The van der Waals surface area contributed by atoms with Crippen molar-refractivity contribution in [3.05, 3.63) is 47.6 Å². The smallest absolute Gasteiger partial charge is 0.232 e. The molecule has 100 valence electrons. The summed E-state index contributed by atoms with van der Waals surface area (Å²) >= 11 is 0. The lowest BCUT2D eigenvalue weighted by Crippen LogP contribution is -2.08. The molecular weight excluding hydrogens is 240 g/mol. The van der Waals surface area contributed by atoms with E-state index in [9.17, 15) is 5.11 Å². The Hall–Kier alpha value is -1.68. The van der Waals surface area contributed by atoms with Crippen LogP contribution in [0.1, 0.15) is 55.5 Å². The van der Waals surface area contributed by atoms with Gasteiger partial charge in [-0.05, 0) is 17.9 Å². The van der Waals surface area contributed by atoms with Crippen LogP contribution >= 0.6 is 0 Å². The lowest BCUT2D eigenvalue weighted by Gasteiger charge is -2.15. The molecular formula is C15H18N2O2. The van der Waals surface area contributed by atoms with Crippen molar-refractivity contribution >= 4 is 0 Å². The van der Waals surface area contributed by atoms with Gasteiger partial charge in [0.05, 0.1) is 12.0 Å². The van der Waals surface area contributed by atoms with Gasteiger partial charge in [-0.3, -0.25) is 0 Å². The number of benzene rings is 1.